The Bertz CT molecular complexity index is 830. The summed E-state index contributed by atoms with van der Waals surface area (Å²) in [6, 6.07) is 13.6. The Labute approximate surface area is 146 Å². The lowest BCUT2D eigenvalue weighted by Gasteiger charge is -2.10. The van der Waals surface area contributed by atoms with E-state index in [2.05, 4.69) is 32.0 Å². The summed E-state index contributed by atoms with van der Waals surface area (Å²) in [6.45, 7) is 1.25. The molecule has 0 unspecified atom stereocenters. The number of hydrogen-bond acceptors (Lipinski definition) is 4. The number of pyridine rings is 1. The van der Waals surface area contributed by atoms with Crippen molar-refractivity contribution in [3.63, 3.8) is 0 Å². The molecular formula is C19H20N4O2. The van der Waals surface area contributed by atoms with Gasteiger partial charge in [-0.3, -0.25) is 4.79 Å². The molecule has 6 nitrogen and oxygen atoms in total. The van der Waals surface area contributed by atoms with Gasteiger partial charge in [-0.2, -0.15) is 0 Å². The molecule has 1 aromatic carbocycles. The largest absolute Gasteiger partial charge is 0.480 e. The van der Waals surface area contributed by atoms with Gasteiger partial charge in [0.2, 0.25) is 5.88 Å². The quantitative estimate of drug-likeness (QED) is 0.719. The van der Waals surface area contributed by atoms with Crippen molar-refractivity contribution in [3.05, 3.63) is 78.0 Å². The number of carbonyl (C=O) groups is 1. The monoisotopic (exact) mass is 336 g/mol. The zero-order chi connectivity index (χ0) is 17.5. The molecule has 1 amide bonds. The van der Waals surface area contributed by atoms with Gasteiger partial charge < -0.3 is 14.6 Å². The van der Waals surface area contributed by atoms with E-state index in [1.807, 2.05) is 24.4 Å². The summed E-state index contributed by atoms with van der Waals surface area (Å²) < 4.78 is 7.21. The van der Waals surface area contributed by atoms with E-state index in [4.69, 9.17) is 4.74 Å². The number of imidazole rings is 1. The van der Waals surface area contributed by atoms with Crippen molar-refractivity contribution in [1.29, 1.82) is 0 Å². The van der Waals surface area contributed by atoms with Gasteiger partial charge in [0.05, 0.1) is 7.11 Å². The summed E-state index contributed by atoms with van der Waals surface area (Å²) >= 11 is 0. The molecule has 0 radical (unpaired) electrons. The maximum absolute atomic E-state index is 12.3. The van der Waals surface area contributed by atoms with E-state index < -0.39 is 0 Å². The molecule has 0 aliphatic heterocycles. The van der Waals surface area contributed by atoms with E-state index >= 15 is 0 Å². The molecule has 2 heterocycles. The fourth-order valence-electron chi connectivity index (χ4n) is 2.60. The number of nitrogens with zero attached hydrogens (tertiary/aromatic N) is 3. The molecule has 128 valence electrons. The molecule has 0 aliphatic carbocycles. The molecule has 6 heteroatoms. The maximum Gasteiger partial charge on any atom is 0.256 e. The van der Waals surface area contributed by atoms with Gasteiger partial charge in [0.15, 0.2) is 0 Å². The van der Waals surface area contributed by atoms with E-state index in [0.29, 0.717) is 24.4 Å². The van der Waals surface area contributed by atoms with Crippen LogP contribution in [0.4, 0.5) is 0 Å². The van der Waals surface area contributed by atoms with Gasteiger partial charge >= 0.3 is 0 Å². The third-order valence-electron chi connectivity index (χ3n) is 3.84. The van der Waals surface area contributed by atoms with Crippen molar-refractivity contribution in [2.75, 3.05) is 13.7 Å². The molecule has 1 N–H and O–H groups in total. The first kappa shape index (κ1) is 16.7. The molecule has 0 saturated carbocycles. The number of carbonyl (C=O) groups excluding carboxylic acids is 1. The molecule has 0 bridgehead atoms. The highest BCUT2D eigenvalue weighted by Crippen LogP contribution is 2.13. The van der Waals surface area contributed by atoms with Crippen molar-refractivity contribution in [1.82, 2.24) is 19.9 Å². The van der Waals surface area contributed by atoms with Crippen LogP contribution in [0.2, 0.25) is 0 Å². The van der Waals surface area contributed by atoms with Gasteiger partial charge in [0.1, 0.15) is 11.4 Å². The van der Waals surface area contributed by atoms with Gasteiger partial charge in [-0.1, -0.05) is 30.3 Å². The first-order chi connectivity index (χ1) is 12.3. The lowest BCUT2D eigenvalue weighted by atomic mass is 10.2. The first-order valence-electron chi connectivity index (χ1n) is 8.09. The Morgan fingerprint density at radius 2 is 1.96 bits per heavy atom. The van der Waals surface area contributed by atoms with Crippen LogP contribution in [0.25, 0.3) is 0 Å². The number of methoxy groups -OCH3 is 1. The Balaban J connectivity index is 1.58. The summed E-state index contributed by atoms with van der Waals surface area (Å²) in [4.78, 5) is 20.7. The number of amides is 1. The Hall–Kier alpha value is -3.15. The lowest BCUT2D eigenvalue weighted by Crippen LogP contribution is -2.27. The minimum Gasteiger partial charge on any atom is -0.480 e. The molecule has 0 aliphatic rings. The van der Waals surface area contributed by atoms with Crippen LogP contribution in [0.3, 0.4) is 0 Å². The summed E-state index contributed by atoms with van der Waals surface area (Å²) in [5.74, 6) is 1.05. The SMILES string of the molecule is COc1ncccc1C(=O)NCCc1nccn1Cc1ccccc1. The minimum absolute atomic E-state index is 0.203. The van der Waals surface area contributed by atoms with Crippen LogP contribution < -0.4 is 10.1 Å². The van der Waals surface area contributed by atoms with Gasteiger partial charge in [-0.25, -0.2) is 9.97 Å². The van der Waals surface area contributed by atoms with Gasteiger partial charge in [0.25, 0.3) is 5.91 Å². The average Bonchev–Trinajstić information content (AvgIpc) is 3.09. The van der Waals surface area contributed by atoms with Gasteiger partial charge in [-0.15, -0.1) is 0 Å². The zero-order valence-corrected chi connectivity index (χ0v) is 14.1. The van der Waals surface area contributed by atoms with Crippen molar-refractivity contribution < 1.29 is 9.53 Å². The Morgan fingerprint density at radius 1 is 1.12 bits per heavy atom. The minimum atomic E-state index is -0.203. The number of rotatable bonds is 7. The summed E-state index contributed by atoms with van der Waals surface area (Å²) in [7, 11) is 1.50. The molecule has 3 aromatic rings. The van der Waals surface area contributed by atoms with E-state index in [1.54, 1.807) is 24.5 Å². The second kappa shape index (κ2) is 8.10. The lowest BCUT2D eigenvalue weighted by molar-refractivity contribution is 0.0950. The molecule has 0 atom stereocenters. The van der Waals surface area contributed by atoms with Crippen molar-refractivity contribution in [2.24, 2.45) is 0 Å². The van der Waals surface area contributed by atoms with Crippen LogP contribution in [0, 0.1) is 0 Å². The summed E-state index contributed by atoms with van der Waals surface area (Å²) in [5.41, 5.74) is 1.64. The third-order valence-corrected chi connectivity index (χ3v) is 3.84. The number of aromatic nitrogens is 3. The number of hydrogen-bond donors (Lipinski definition) is 1. The predicted octanol–water partition coefficient (Wildman–Crippen LogP) is 2.31. The smallest absolute Gasteiger partial charge is 0.256 e. The number of ether oxygens (including phenoxy) is 1. The third kappa shape index (κ3) is 4.23. The molecule has 2 aromatic heterocycles. The van der Waals surface area contributed by atoms with Crippen LogP contribution in [-0.2, 0) is 13.0 Å². The van der Waals surface area contributed by atoms with Crippen molar-refractivity contribution in [2.45, 2.75) is 13.0 Å². The zero-order valence-electron chi connectivity index (χ0n) is 14.1. The molecule has 3 rings (SSSR count). The standard InChI is InChI=1S/C19H20N4O2/c1-25-19-16(8-5-10-22-19)18(24)21-11-9-17-20-12-13-23(17)14-15-6-3-2-4-7-15/h2-8,10,12-13H,9,11,14H2,1H3,(H,21,24). The van der Waals surface area contributed by atoms with Crippen LogP contribution in [0.15, 0.2) is 61.1 Å². The molecule has 0 saturated heterocycles. The molecular weight excluding hydrogens is 316 g/mol. The van der Waals surface area contributed by atoms with Crippen LogP contribution in [-0.4, -0.2) is 34.1 Å². The molecule has 0 fully saturated rings. The topological polar surface area (TPSA) is 69.0 Å². The highest BCUT2D eigenvalue weighted by atomic mass is 16.5. The Kier molecular flexibility index (Phi) is 5.41. The van der Waals surface area contributed by atoms with Crippen molar-refractivity contribution >= 4 is 5.91 Å². The van der Waals surface area contributed by atoms with E-state index in [9.17, 15) is 4.79 Å². The normalized spacial score (nSPS) is 10.4. The number of benzene rings is 1. The van der Waals surface area contributed by atoms with E-state index in [-0.39, 0.29) is 5.91 Å². The van der Waals surface area contributed by atoms with E-state index in [0.717, 1.165) is 12.4 Å². The number of nitrogens with one attached hydrogen (secondary N) is 1. The van der Waals surface area contributed by atoms with Crippen LogP contribution in [0.1, 0.15) is 21.7 Å². The first-order valence-corrected chi connectivity index (χ1v) is 8.09. The molecule has 25 heavy (non-hydrogen) atoms. The fourth-order valence-corrected chi connectivity index (χ4v) is 2.60. The second-order valence-corrected chi connectivity index (χ2v) is 5.52. The molecule has 0 spiro atoms. The highest BCUT2D eigenvalue weighted by Gasteiger charge is 2.12. The van der Waals surface area contributed by atoms with Gasteiger partial charge in [-0.05, 0) is 17.7 Å². The Morgan fingerprint density at radius 3 is 2.76 bits per heavy atom. The average molecular weight is 336 g/mol. The summed E-state index contributed by atoms with van der Waals surface area (Å²) in [6.07, 6.45) is 5.97. The maximum atomic E-state index is 12.3. The fraction of sp³-hybridized carbons (Fsp3) is 0.211. The van der Waals surface area contributed by atoms with Crippen LogP contribution in [0.5, 0.6) is 5.88 Å². The second-order valence-electron chi connectivity index (χ2n) is 5.52. The van der Waals surface area contributed by atoms with E-state index in [1.165, 1.54) is 12.7 Å². The predicted molar refractivity (Wildman–Crippen MR) is 94.6 cm³/mol. The van der Waals surface area contributed by atoms with Crippen LogP contribution >= 0.6 is 0 Å². The summed E-state index contributed by atoms with van der Waals surface area (Å²) in [5, 5.41) is 2.89. The van der Waals surface area contributed by atoms with Crippen molar-refractivity contribution in [3.8, 4) is 5.88 Å². The highest BCUT2D eigenvalue weighted by molar-refractivity contribution is 5.96. The van der Waals surface area contributed by atoms with Gasteiger partial charge in [0, 0.05) is 38.1 Å².